The number of hydrogen-bond donors (Lipinski definition) is 0. The van der Waals surface area contributed by atoms with Gasteiger partial charge >= 0.3 is 0 Å². The van der Waals surface area contributed by atoms with Gasteiger partial charge in [-0.2, -0.15) is 4.57 Å². The van der Waals surface area contributed by atoms with E-state index in [1.807, 2.05) is 6.20 Å². The molecule has 88 valence electrons. The molecule has 1 aliphatic heterocycles. The molecule has 0 spiro atoms. The third-order valence-corrected chi connectivity index (χ3v) is 4.16. The van der Waals surface area contributed by atoms with Gasteiger partial charge in [0, 0.05) is 23.2 Å². The van der Waals surface area contributed by atoms with E-state index >= 15 is 0 Å². The minimum atomic E-state index is 0.960. The van der Waals surface area contributed by atoms with Crippen LogP contribution in [0.25, 0.3) is 32.6 Å². The van der Waals surface area contributed by atoms with Crippen LogP contribution in [-0.2, 0) is 6.54 Å². The van der Waals surface area contributed by atoms with Crippen molar-refractivity contribution in [2.75, 3.05) is 0 Å². The summed E-state index contributed by atoms with van der Waals surface area (Å²) >= 11 is 0. The van der Waals surface area contributed by atoms with Crippen molar-refractivity contribution >= 4 is 32.6 Å². The molecule has 0 atom stereocenters. The number of hydrogen-bond acceptors (Lipinski definition) is 1. The number of fused-ring (bicyclic) bond motifs is 3. The Kier molecular flexibility index (Phi) is 1.54. The predicted octanol–water partition coefficient (Wildman–Crippen LogP) is 3.19. The Morgan fingerprint density at radius 3 is 2.68 bits per heavy atom. The summed E-state index contributed by atoms with van der Waals surface area (Å²) in [7, 11) is 0. The van der Waals surface area contributed by atoms with Crippen molar-refractivity contribution in [3.63, 3.8) is 0 Å². The molecule has 0 saturated carbocycles. The fraction of sp³-hybridized carbons (Fsp3) is 0.0588. The molecule has 0 bridgehead atoms. The Labute approximate surface area is 109 Å². The van der Waals surface area contributed by atoms with E-state index in [0.717, 1.165) is 12.1 Å². The van der Waals surface area contributed by atoms with Crippen LogP contribution < -0.4 is 4.57 Å². The van der Waals surface area contributed by atoms with E-state index in [2.05, 4.69) is 58.2 Å². The van der Waals surface area contributed by atoms with Gasteiger partial charge in [-0.05, 0) is 17.5 Å². The zero-order valence-electron chi connectivity index (χ0n) is 10.3. The van der Waals surface area contributed by atoms with Crippen LogP contribution in [0.1, 0.15) is 5.56 Å². The van der Waals surface area contributed by atoms with Crippen LogP contribution in [0, 0.1) is 0 Å². The van der Waals surface area contributed by atoms with E-state index in [9.17, 15) is 0 Å². The third kappa shape index (κ3) is 1.03. The Bertz CT molecular complexity index is 906. The van der Waals surface area contributed by atoms with E-state index in [1.54, 1.807) is 0 Å². The molecule has 3 heterocycles. The summed E-state index contributed by atoms with van der Waals surface area (Å²) < 4.78 is 2.33. The highest BCUT2D eigenvalue weighted by Gasteiger charge is 2.26. The van der Waals surface area contributed by atoms with E-state index in [4.69, 9.17) is 0 Å². The second kappa shape index (κ2) is 3.09. The van der Waals surface area contributed by atoms with E-state index < -0.39 is 0 Å². The van der Waals surface area contributed by atoms with Crippen molar-refractivity contribution in [1.82, 2.24) is 4.98 Å². The van der Waals surface area contributed by atoms with Gasteiger partial charge in [0.05, 0.1) is 16.3 Å². The van der Waals surface area contributed by atoms with Gasteiger partial charge in [0.1, 0.15) is 0 Å². The van der Waals surface area contributed by atoms with Crippen molar-refractivity contribution in [2.24, 2.45) is 0 Å². The molecule has 0 saturated heterocycles. The summed E-state index contributed by atoms with van der Waals surface area (Å²) in [5.74, 6) is 0. The molecule has 0 amide bonds. The second-order valence-electron chi connectivity index (χ2n) is 5.14. The summed E-state index contributed by atoms with van der Waals surface area (Å²) in [5.41, 5.74) is 3.85. The molecule has 2 aromatic carbocycles. The van der Waals surface area contributed by atoms with Gasteiger partial charge in [-0.15, -0.1) is 0 Å². The maximum Gasteiger partial charge on any atom is 0.223 e. The van der Waals surface area contributed by atoms with Gasteiger partial charge in [0.2, 0.25) is 5.52 Å². The zero-order valence-corrected chi connectivity index (χ0v) is 10.3. The Balaban J connectivity index is 2.28. The quantitative estimate of drug-likeness (QED) is 0.301. The molecule has 2 aromatic heterocycles. The Morgan fingerprint density at radius 2 is 1.74 bits per heavy atom. The summed E-state index contributed by atoms with van der Waals surface area (Å²) in [6, 6.07) is 15.1. The standard InChI is InChI=1S/C17H11N2/c1-2-5-13-12(4-1)14-6-3-9-19-10-11-7-8-18-16(13)15(11)17(14)19/h1-9H,10H2/q+1. The highest BCUT2D eigenvalue weighted by molar-refractivity contribution is 6.23. The zero-order chi connectivity index (χ0) is 12.4. The largest absolute Gasteiger partial charge is 0.255 e. The molecular weight excluding hydrogens is 232 g/mol. The molecule has 0 unspecified atom stereocenters. The first-order valence-corrected chi connectivity index (χ1v) is 6.54. The first-order valence-electron chi connectivity index (χ1n) is 6.54. The van der Waals surface area contributed by atoms with Gasteiger partial charge < -0.3 is 0 Å². The van der Waals surface area contributed by atoms with Crippen LogP contribution in [0.5, 0.6) is 0 Å². The Morgan fingerprint density at radius 1 is 0.895 bits per heavy atom. The van der Waals surface area contributed by atoms with E-state index in [-0.39, 0.29) is 0 Å². The average Bonchev–Trinajstić information content (AvgIpc) is 2.86. The SMILES string of the molecule is c1ccc2c(c1)c1ccc[n+]3c1c1c(ccnc21)C3. The molecule has 19 heavy (non-hydrogen) atoms. The highest BCUT2D eigenvalue weighted by atomic mass is 15.0. The topological polar surface area (TPSA) is 16.8 Å². The number of aromatic nitrogens is 2. The van der Waals surface area contributed by atoms with Crippen molar-refractivity contribution in [1.29, 1.82) is 0 Å². The normalized spacial score (nSPS) is 13.1. The number of nitrogens with zero attached hydrogens (tertiary/aromatic N) is 2. The lowest BCUT2D eigenvalue weighted by Gasteiger charge is -2.04. The van der Waals surface area contributed by atoms with Gasteiger partial charge in [0.15, 0.2) is 12.7 Å². The van der Waals surface area contributed by atoms with Crippen molar-refractivity contribution in [3.05, 3.63) is 60.4 Å². The van der Waals surface area contributed by atoms with Crippen LogP contribution in [0.15, 0.2) is 54.9 Å². The van der Waals surface area contributed by atoms with Crippen molar-refractivity contribution < 1.29 is 4.57 Å². The third-order valence-electron chi connectivity index (χ3n) is 4.16. The smallest absolute Gasteiger partial charge is 0.223 e. The van der Waals surface area contributed by atoms with Gasteiger partial charge in [-0.3, -0.25) is 4.98 Å². The predicted molar refractivity (Wildman–Crippen MR) is 76.1 cm³/mol. The van der Waals surface area contributed by atoms with E-state index in [1.165, 1.54) is 32.6 Å². The number of pyridine rings is 2. The van der Waals surface area contributed by atoms with Crippen LogP contribution >= 0.6 is 0 Å². The molecular formula is C17H11N2+. The van der Waals surface area contributed by atoms with E-state index in [0.29, 0.717) is 0 Å². The Hall–Kier alpha value is -2.48. The van der Waals surface area contributed by atoms with Crippen LogP contribution in [0.2, 0.25) is 0 Å². The molecule has 0 radical (unpaired) electrons. The average molecular weight is 243 g/mol. The lowest BCUT2D eigenvalue weighted by molar-refractivity contribution is -0.657. The molecule has 0 aliphatic carbocycles. The minimum absolute atomic E-state index is 0.960. The van der Waals surface area contributed by atoms with Crippen LogP contribution in [0.3, 0.4) is 0 Å². The fourth-order valence-electron chi connectivity index (χ4n) is 3.39. The molecule has 5 rings (SSSR count). The molecule has 2 heteroatoms. The first-order chi connectivity index (χ1) is 9.43. The monoisotopic (exact) mass is 243 g/mol. The summed E-state index contributed by atoms with van der Waals surface area (Å²) in [6.45, 7) is 0.960. The fourth-order valence-corrected chi connectivity index (χ4v) is 3.39. The van der Waals surface area contributed by atoms with Gasteiger partial charge in [-0.1, -0.05) is 24.3 Å². The highest BCUT2D eigenvalue weighted by Crippen LogP contribution is 2.35. The van der Waals surface area contributed by atoms with Crippen LogP contribution in [-0.4, -0.2) is 4.98 Å². The van der Waals surface area contributed by atoms with Gasteiger partial charge in [-0.25, -0.2) is 0 Å². The molecule has 2 nitrogen and oxygen atoms in total. The first kappa shape index (κ1) is 9.45. The number of rotatable bonds is 0. The summed E-state index contributed by atoms with van der Waals surface area (Å²) in [6.07, 6.45) is 4.10. The maximum atomic E-state index is 4.64. The van der Waals surface area contributed by atoms with Gasteiger partial charge in [0.25, 0.3) is 0 Å². The van der Waals surface area contributed by atoms with Crippen LogP contribution in [0.4, 0.5) is 0 Å². The maximum absolute atomic E-state index is 4.64. The molecule has 4 aromatic rings. The lowest BCUT2D eigenvalue weighted by atomic mass is 10.00. The summed E-state index contributed by atoms with van der Waals surface area (Å²) in [5, 5.41) is 5.21. The second-order valence-corrected chi connectivity index (χ2v) is 5.14. The molecule has 1 aliphatic rings. The lowest BCUT2D eigenvalue weighted by Crippen LogP contribution is -2.30. The molecule has 0 fully saturated rings. The number of benzene rings is 2. The van der Waals surface area contributed by atoms with Crippen molar-refractivity contribution in [2.45, 2.75) is 6.54 Å². The minimum Gasteiger partial charge on any atom is -0.255 e. The molecule has 0 N–H and O–H groups in total. The summed E-state index contributed by atoms with van der Waals surface area (Å²) in [4.78, 5) is 4.64. The van der Waals surface area contributed by atoms with Crippen molar-refractivity contribution in [3.8, 4) is 0 Å².